The van der Waals surface area contributed by atoms with Crippen LogP contribution in [-0.4, -0.2) is 4.98 Å². The molecule has 0 amide bonds. The van der Waals surface area contributed by atoms with Crippen molar-refractivity contribution in [2.45, 2.75) is 26.5 Å². The van der Waals surface area contributed by atoms with E-state index in [1.807, 2.05) is 13.0 Å². The Morgan fingerprint density at radius 1 is 1.32 bits per heavy atom. The van der Waals surface area contributed by atoms with Crippen LogP contribution >= 0.6 is 0 Å². The molecule has 1 heterocycles. The first-order chi connectivity index (χ1) is 9.06. The van der Waals surface area contributed by atoms with E-state index in [-0.39, 0.29) is 11.9 Å². The van der Waals surface area contributed by atoms with E-state index in [0.29, 0.717) is 17.9 Å². The molecule has 0 aliphatic heterocycles. The molecule has 0 spiro atoms. The largest absolute Gasteiger partial charge is 0.489 e. The van der Waals surface area contributed by atoms with Gasteiger partial charge in [-0.3, -0.25) is 4.98 Å². The molecule has 0 fully saturated rings. The zero-order chi connectivity index (χ0) is 13.8. The molecule has 0 bridgehead atoms. The summed E-state index contributed by atoms with van der Waals surface area (Å²) < 4.78 is 19.3. The molecule has 0 saturated carbocycles. The van der Waals surface area contributed by atoms with E-state index >= 15 is 0 Å². The Kier molecular flexibility index (Phi) is 4.12. The molecule has 4 heteroatoms. The van der Waals surface area contributed by atoms with Crippen LogP contribution in [0.15, 0.2) is 36.7 Å². The number of hydrogen-bond acceptors (Lipinski definition) is 3. The Morgan fingerprint density at radius 3 is 2.74 bits per heavy atom. The second-order valence-corrected chi connectivity index (χ2v) is 4.63. The fraction of sp³-hybridized carbons (Fsp3) is 0.267. The highest BCUT2D eigenvalue weighted by molar-refractivity contribution is 5.30. The number of rotatable bonds is 4. The summed E-state index contributed by atoms with van der Waals surface area (Å²) in [6.45, 7) is 4.08. The van der Waals surface area contributed by atoms with Gasteiger partial charge in [-0.1, -0.05) is 6.07 Å². The van der Waals surface area contributed by atoms with Gasteiger partial charge in [0.05, 0.1) is 0 Å². The van der Waals surface area contributed by atoms with Crippen LogP contribution in [0.25, 0.3) is 0 Å². The van der Waals surface area contributed by atoms with Gasteiger partial charge in [0.25, 0.3) is 0 Å². The third kappa shape index (κ3) is 3.51. The molecule has 0 saturated heterocycles. The maximum atomic E-state index is 13.7. The summed E-state index contributed by atoms with van der Waals surface area (Å²) >= 11 is 0. The fourth-order valence-corrected chi connectivity index (χ4v) is 1.83. The molecule has 100 valence electrons. The number of halogens is 1. The number of ether oxygens (including phenoxy) is 1. The first-order valence-corrected chi connectivity index (χ1v) is 6.14. The molecule has 3 nitrogen and oxygen atoms in total. The number of nitrogens with two attached hydrogens (primary N) is 1. The van der Waals surface area contributed by atoms with Crippen LogP contribution in [0.4, 0.5) is 4.39 Å². The summed E-state index contributed by atoms with van der Waals surface area (Å²) in [5.41, 5.74) is 8.17. The molecule has 0 unspecified atom stereocenters. The Balaban J connectivity index is 2.06. The van der Waals surface area contributed by atoms with Gasteiger partial charge in [0, 0.05) is 35.6 Å². The average molecular weight is 260 g/mol. The summed E-state index contributed by atoms with van der Waals surface area (Å²) in [7, 11) is 0. The molecular formula is C15H17FN2O. The number of nitrogens with zero attached hydrogens (tertiary/aromatic N) is 1. The van der Waals surface area contributed by atoms with Gasteiger partial charge in [-0.25, -0.2) is 4.39 Å². The number of aromatic nitrogens is 1. The lowest BCUT2D eigenvalue weighted by molar-refractivity contribution is 0.303. The van der Waals surface area contributed by atoms with Crippen molar-refractivity contribution >= 4 is 0 Å². The lowest BCUT2D eigenvalue weighted by Gasteiger charge is -2.10. The van der Waals surface area contributed by atoms with Crippen LogP contribution in [0.3, 0.4) is 0 Å². The second-order valence-electron chi connectivity index (χ2n) is 4.63. The van der Waals surface area contributed by atoms with Gasteiger partial charge in [0.15, 0.2) is 0 Å². The molecule has 0 aliphatic carbocycles. The monoisotopic (exact) mass is 260 g/mol. The van der Waals surface area contributed by atoms with Gasteiger partial charge in [0.1, 0.15) is 18.2 Å². The lowest BCUT2D eigenvalue weighted by Crippen LogP contribution is -2.07. The van der Waals surface area contributed by atoms with Gasteiger partial charge in [-0.05, 0) is 31.5 Å². The topological polar surface area (TPSA) is 48.1 Å². The van der Waals surface area contributed by atoms with E-state index < -0.39 is 0 Å². The number of hydrogen-bond donors (Lipinski definition) is 1. The van der Waals surface area contributed by atoms with Gasteiger partial charge in [-0.2, -0.15) is 0 Å². The highest BCUT2D eigenvalue weighted by Gasteiger charge is 2.08. The highest BCUT2D eigenvalue weighted by atomic mass is 19.1. The fourth-order valence-electron chi connectivity index (χ4n) is 1.83. The molecule has 1 aromatic carbocycles. The minimum atomic E-state index is -0.338. The summed E-state index contributed by atoms with van der Waals surface area (Å²) in [5, 5.41) is 0. The van der Waals surface area contributed by atoms with Crippen molar-refractivity contribution < 1.29 is 9.13 Å². The standard InChI is InChI=1S/C15H17FN2O/c1-10-5-12(8-18-7-10)9-19-13-3-4-14(11(2)17)15(16)6-13/h3-8,11H,9,17H2,1-2H3/t11-/m1/s1. The number of pyridine rings is 1. The van der Waals surface area contributed by atoms with E-state index in [1.165, 1.54) is 6.07 Å². The van der Waals surface area contributed by atoms with Gasteiger partial charge in [0.2, 0.25) is 0 Å². The third-order valence-electron chi connectivity index (χ3n) is 2.80. The Hall–Kier alpha value is -1.94. The van der Waals surface area contributed by atoms with E-state index in [0.717, 1.165) is 11.1 Å². The summed E-state index contributed by atoms with van der Waals surface area (Å²) in [5.74, 6) is 0.151. The van der Waals surface area contributed by atoms with Crippen molar-refractivity contribution in [2.75, 3.05) is 0 Å². The van der Waals surface area contributed by atoms with Crippen LogP contribution in [0.1, 0.15) is 29.7 Å². The first-order valence-electron chi connectivity index (χ1n) is 6.14. The lowest BCUT2D eigenvalue weighted by atomic mass is 10.1. The van der Waals surface area contributed by atoms with Crippen LogP contribution in [0.2, 0.25) is 0 Å². The Morgan fingerprint density at radius 2 is 2.11 bits per heavy atom. The maximum absolute atomic E-state index is 13.7. The molecule has 2 rings (SSSR count). The zero-order valence-electron chi connectivity index (χ0n) is 11.1. The molecule has 0 radical (unpaired) electrons. The minimum Gasteiger partial charge on any atom is -0.489 e. The third-order valence-corrected chi connectivity index (χ3v) is 2.80. The van der Waals surface area contributed by atoms with Gasteiger partial charge >= 0.3 is 0 Å². The van der Waals surface area contributed by atoms with Crippen molar-refractivity contribution in [3.63, 3.8) is 0 Å². The van der Waals surface area contributed by atoms with Crippen LogP contribution in [-0.2, 0) is 6.61 Å². The molecule has 0 aliphatic rings. The van der Waals surface area contributed by atoms with Crippen molar-refractivity contribution in [1.82, 2.24) is 4.98 Å². The minimum absolute atomic E-state index is 0.324. The van der Waals surface area contributed by atoms with E-state index in [1.54, 1.807) is 31.5 Å². The maximum Gasteiger partial charge on any atom is 0.131 e. The summed E-state index contributed by atoms with van der Waals surface area (Å²) in [6, 6.07) is 6.41. The van der Waals surface area contributed by atoms with E-state index in [2.05, 4.69) is 4.98 Å². The van der Waals surface area contributed by atoms with Gasteiger partial charge < -0.3 is 10.5 Å². The van der Waals surface area contributed by atoms with E-state index in [9.17, 15) is 4.39 Å². The zero-order valence-corrected chi connectivity index (χ0v) is 11.1. The Labute approximate surface area is 112 Å². The van der Waals surface area contributed by atoms with Crippen molar-refractivity contribution in [2.24, 2.45) is 5.73 Å². The van der Waals surface area contributed by atoms with E-state index in [4.69, 9.17) is 10.5 Å². The van der Waals surface area contributed by atoms with Crippen LogP contribution in [0.5, 0.6) is 5.75 Å². The van der Waals surface area contributed by atoms with Gasteiger partial charge in [-0.15, -0.1) is 0 Å². The normalized spacial score (nSPS) is 12.2. The summed E-state index contributed by atoms with van der Waals surface area (Å²) in [4.78, 5) is 4.08. The molecule has 1 atom stereocenters. The molecule has 2 N–H and O–H groups in total. The quantitative estimate of drug-likeness (QED) is 0.918. The second kappa shape index (κ2) is 5.80. The predicted octanol–water partition coefficient (Wildman–Crippen LogP) is 3.13. The number of benzene rings is 1. The van der Waals surface area contributed by atoms with Crippen molar-refractivity contribution in [3.8, 4) is 5.75 Å². The van der Waals surface area contributed by atoms with Crippen LogP contribution < -0.4 is 10.5 Å². The smallest absolute Gasteiger partial charge is 0.131 e. The average Bonchev–Trinajstić information content (AvgIpc) is 2.36. The molecule has 1 aromatic heterocycles. The van der Waals surface area contributed by atoms with Crippen molar-refractivity contribution in [3.05, 3.63) is 59.2 Å². The molecule has 2 aromatic rings. The SMILES string of the molecule is Cc1cncc(COc2ccc([C@@H](C)N)c(F)c2)c1. The predicted molar refractivity (Wildman–Crippen MR) is 72.3 cm³/mol. The number of aryl methyl sites for hydroxylation is 1. The first kappa shape index (κ1) is 13.5. The van der Waals surface area contributed by atoms with Crippen molar-refractivity contribution in [1.29, 1.82) is 0 Å². The highest BCUT2D eigenvalue weighted by Crippen LogP contribution is 2.21. The molecule has 19 heavy (non-hydrogen) atoms. The van der Waals surface area contributed by atoms with Crippen LogP contribution in [0, 0.1) is 12.7 Å². The Bertz CT molecular complexity index is 570. The summed E-state index contributed by atoms with van der Waals surface area (Å²) in [6.07, 6.45) is 3.51. The molecular weight excluding hydrogens is 243 g/mol.